The van der Waals surface area contributed by atoms with E-state index in [1.165, 1.54) is 18.4 Å². The van der Waals surface area contributed by atoms with E-state index in [4.69, 9.17) is 0 Å². The van der Waals surface area contributed by atoms with E-state index in [0.29, 0.717) is 5.92 Å². The van der Waals surface area contributed by atoms with Crippen molar-refractivity contribution >= 4 is 5.78 Å². The molecule has 1 nitrogen and oxygen atoms in total. The minimum absolute atomic E-state index is 0.171. The summed E-state index contributed by atoms with van der Waals surface area (Å²) in [6.45, 7) is 12.2. The van der Waals surface area contributed by atoms with Gasteiger partial charge >= 0.3 is 0 Å². The van der Waals surface area contributed by atoms with Crippen LogP contribution >= 0.6 is 0 Å². The van der Waals surface area contributed by atoms with Gasteiger partial charge in [0.2, 0.25) is 0 Å². The van der Waals surface area contributed by atoms with Crippen LogP contribution in [-0.4, -0.2) is 5.78 Å². The smallest absolute Gasteiger partial charge is 0.155 e. The molecule has 0 aromatic rings. The van der Waals surface area contributed by atoms with Gasteiger partial charge in [0.1, 0.15) is 0 Å². The van der Waals surface area contributed by atoms with Crippen LogP contribution in [0, 0.1) is 11.3 Å². The molecular weight excluding hydrogens is 184 g/mol. The minimum Gasteiger partial charge on any atom is -0.295 e. The van der Waals surface area contributed by atoms with E-state index in [2.05, 4.69) is 26.5 Å². The second kappa shape index (κ2) is 4.34. The second-order valence-corrected chi connectivity index (χ2v) is 5.38. The number of rotatable bonds is 2. The van der Waals surface area contributed by atoms with Gasteiger partial charge in [-0.1, -0.05) is 32.1 Å². The Morgan fingerprint density at radius 3 is 2.53 bits per heavy atom. The third-order valence-electron chi connectivity index (χ3n) is 3.57. The van der Waals surface area contributed by atoms with Gasteiger partial charge in [-0.15, -0.1) is 0 Å². The number of carbonyl (C=O) groups excluding carboxylic acids is 1. The molecule has 1 fully saturated rings. The molecule has 1 heteroatoms. The Morgan fingerprint density at radius 2 is 2.07 bits per heavy atom. The van der Waals surface area contributed by atoms with Crippen molar-refractivity contribution in [3.8, 4) is 0 Å². The SMILES string of the molecule is C=C1CCCC(C)(C)C1C=C(C)C(C)=O. The minimum atomic E-state index is 0.171. The van der Waals surface area contributed by atoms with Crippen molar-refractivity contribution in [2.45, 2.75) is 47.0 Å². The fourth-order valence-corrected chi connectivity index (χ4v) is 2.35. The third-order valence-corrected chi connectivity index (χ3v) is 3.57. The normalized spacial score (nSPS) is 26.5. The summed E-state index contributed by atoms with van der Waals surface area (Å²) in [6, 6.07) is 0. The summed E-state index contributed by atoms with van der Waals surface area (Å²) < 4.78 is 0. The molecule has 1 unspecified atom stereocenters. The summed E-state index contributed by atoms with van der Waals surface area (Å²) in [5.74, 6) is 0.541. The molecule has 0 saturated heterocycles. The van der Waals surface area contributed by atoms with E-state index >= 15 is 0 Å². The lowest BCUT2D eigenvalue weighted by Crippen LogP contribution is -2.28. The highest BCUT2D eigenvalue weighted by Gasteiger charge is 2.33. The van der Waals surface area contributed by atoms with Crippen LogP contribution < -0.4 is 0 Å². The average molecular weight is 206 g/mol. The first-order chi connectivity index (χ1) is 6.84. The van der Waals surface area contributed by atoms with Crippen LogP contribution in [0.4, 0.5) is 0 Å². The maximum absolute atomic E-state index is 11.2. The maximum atomic E-state index is 11.2. The Morgan fingerprint density at radius 1 is 1.47 bits per heavy atom. The molecule has 0 aromatic carbocycles. The molecule has 1 saturated carbocycles. The van der Waals surface area contributed by atoms with Gasteiger partial charge in [-0.2, -0.15) is 0 Å². The number of allylic oxidation sites excluding steroid dienone is 3. The summed E-state index contributed by atoms with van der Waals surface area (Å²) in [5, 5.41) is 0. The second-order valence-electron chi connectivity index (χ2n) is 5.38. The van der Waals surface area contributed by atoms with E-state index in [1.807, 2.05) is 6.92 Å². The number of hydrogen-bond acceptors (Lipinski definition) is 1. The summed E-state index contributed by atoms with van der Waals surface area (Å²) in [7, 11) is 0. The number of carbonyl (C=O) groups is 1. The van der Waals surface area contributed by atoms with Gasteiger partial charge < -0.3 is 0 Å². The van der Waals surface area contributed by atoms with Crippen molar-refractivity contribution in [3.05, 3.63) is 23.8 Å². The number of hydrogen-bond donors (Lipinski definition) is 0. The highest BCUT2D eigenvalue weighted by Crippen LogP contribution is 2.44. The van der Waals surface area contributed by atoms with Crippen molar-refractivity contribution in [2.24, 2.45) is 11.3 Å². The molecule has 1 aliphatic rings. The molecule has 1 aliphatic carbocycles. The molecule has 1 rings (SSSR count). The van der Waals surface area contributed by atoms with Crippen molar-refractivity contribution < 1.29 is 4.79 Å². The van der Waals surface area contributed by atoms with Crippen molar-refractivity contribution in [2.75, 3.05) is 0 Å². The maximum Gasteiger partial charge on any atom is 0.155 e. The fourth-order valence-electron chi connectivity index (χ4n) is 2.35. The van der Waals surface area contributed by atoms with Crippen LogP contribution in [0.2, 0.25) is 0 Å². The quantitative estimate of drug-likeness (QED) is 0.494. The molecule has 84 valence electrons. The van der Waals surface area contributed by atoms with E-state index in [9.17, 15) is 4.79 Å². The van der Waals surface area contributed by atoms with E-state index in [1.54, 1.807) is 6.92 Å². The van der Waals surface area contributed by atoms with Crippen molar-refractivity contribution in [1.82, 2.24) is 0 Å². The average Bonchev–Trinajstić information content (AvgIpc) is 2.10. The van der Waals surface area contributed by atoms with E-state index < -0.39 is 0 Å². The molecule has 0 bridgehead atoms. The molecular formula is C14H22O. The molecule has 0 N–H and O–H groups in total. The molecule has 15 heavy (non-hydrogen) atoms. The molecule has 0 aliphatic heterocycles. The lowest BCUT2D eigenvalue weighted by atomic mass is 9.66. The van der Waals surface area contributed by atoms with Crippen LogP contribution in [0.25, 0.3) is 0 Å². The zero-order chi connectivity index (χ0) is 11.6. The first-order valence-corrected chi connectivity index (χ1v) is 5.71. The zero-order valence-corrected chi connectivity index (χ0v) is 10.4. The first kappa shape index (κ1) is 12.2. The van der Waals surface area contributed by atoms with Gasteiger partial charge in [0, 0.05) is 5.92 Å². The molecule has 1 atom stereocenters. The highest BCUT2D eigenvalue weighted by atomic mass is 16.1. The molecule has 0 amide bonds. The van der Waals surface area contributed by atoms with Gasteiger partial charge in [0.25, 0.3) is 0 Å². The lowest BCUT2D eigenvalue weighted by Gasteiger charge is -2.38. The molecule has 0 aromatic heterocycles. The van der Waals surface area contributed by atoms with Gasteiger partial charge in [0.05, 0.1) is 0 Å². The molecule has 0 heterocycles. The summed E-state index contributed by atoms with van der Waals surface area (Å²) in [5.41, 5.74) is 2.41. The molecule has 0 radical (unpaired) electrons. The van der Waals surface area contributed by atoms with Gasteiger partial charge in [0.15, 0.2) is 5.78 Å². The monoisotopic (exact) mass is 206 g/mol. The van der Waals surface area contributed by atoms with Crippen molar-refractivity contribution in [3.63, 3.8) is 0 Å². The number of ketones is 1. The van der Waals surface area contributed by atoms with Crippen molar-refractivity contribution in [1.29, 1.82) is 0 Å². The summed E-state index contributed by atoms with van der Waals surface area (Å²) in [4.78, 5) is 11.2. The lowest BCUT2D eigenvalue weighted by molar-refractivity contribution is -0.113. The Kier molecular flexibility index (Phi) is 3.54. The summed E-state index contributed by atoms with van der Waals surface area (Å²) >= 11 is 0. The van der Waals surface area contributed by atoms with E-state index in [0.717, 1.165) is 12.0 Å². The van der Waals surface area contributed by atoms with Gasteiger partial charge in [-0.3, -0.25) is 4.79 Å². The van der Waals surface area contributed by atoms with Gasteiger partial charge in [-0.05, 0) is 44.1 Å². The predicted molar refractivity (Wildman–Crippen MR) is 64.7 cm³/mol. The largest absolute Gasteiger partial charge is 0.295 e. The third kappa shape index (κ3) is 2.80. The topological polar surface area (TPSA) is 17.1 Å². The highest BCUT2D eigenvalue weighted by molar-refractivity contribution is 5.92. The summed E-state index contributed by atoms with van der Waals surface area (Å²) in [6.07, 6.45) is 5.67. The Labute approximate surface area is 93.3 Å². The Balaban J connectivity index is 2.94. The van der Waals surface area contributed by atoms with Crippen LogP contribution in [-0.2, 0) is 4.79 Å². The van der Waals surface area contributed by atoms with Crippen LogP contribution in [0.15, 0.2) is 23.8 Å². The Hall–Kier alpha value is -0.850. The first-order valence-electron chi connectivity index (χ1n) is 5.71. The fraction of sp³-hybridized carbons (Fsp3) is 0.643. The Bertz CT molecular complexity index is 307. The van der Waals surface area contributed by atoms with E-state index in [-0.39, 0.29) is 11.2 Å². The van der Waals surface area contributed by atoms with Crippen LogP contribution in [0.1, 0.15) is 47.0 Å². The van der Waals surface area contributed by atoms with Crippen LogP contribution in [0.5, 0.6) is 0 Å². The predicted octanol–water partition coefficient (Wildman–Crippen LogP) is 3.90. The molecule has 0 spiro atoms. The standard InChI is InChI=1S/C14H22O/c1-10-7-6-8-14(4,5)13(10)9-11(2)12(3)15/h9,13H,1,6-8H2,2-5H3. The zero-order valence-electron chi connectivity index (χ0n) is 10.4. The van der Waals surface area contributed by atoms with Crippen LogP contribution in [0.3, 0.4) is 0 Å². The number of Topliss-reactive ketones (excluding diaryl/α,β-unsaturated/α-hetero) is 1. The van der Waals surface area contributed by atoms with Gasteiger partial charge in [-0.25, -0.2) is 0 Å².